The number of aromatic nitrogens is 2. The molecule has 0 aliphatic heterocycles. The number of nitrogens with one attached hydrogen (secondary N) is 2. The van der Waals surface area contributed by atoms with Crippen molar-refractivity contribution in [2.24, 2.45) is 11.8 Å². The summed E-state index contributed by atoms with van der Waals surface area (Å²) in [6, 6.07) is 16.8. The van der Waals surface area contributed by atoms with Crippen LogP contribution in [-0.4, -0.2) is 41.9 Å². The van der Waals surface area contributed by atoms with Crippen molar-refractivity contribution in [1.29, 1.82) is 0 Å². The standard InChI is InChI=1S/C31H42N4O4/c1-21(2)15-16-24(17-29(36)32-19-23-11-8-7-9-12-23)33-31(37)25-18-26(35(34-25)20-22(3)4)30-27(38-5)13-10-14-28(30)39-6/h7-14,18,21-22,24H,15-17,19-20H2,1-6H3,(H,32,36)(H,33,37)/t24-/m0/s1. The lowest BCUT2D eigenvalue weighted by Crippen LogP contribution is -2.39. The van der Waals surface area contributed by atoms with Crippen LogP contribution in [0.1, 0.15) is 63.0 Å². The van der Waals surface area contributed by atoms with Crippen molar-refractivity contribution < 1.29 is 19.1 Å². The molecule has 2 amide bonds. The fourth-order valence-corrected chi connectivity index (χ4v) is 4.43. The third kappa shape index (κ3) is 8.60. The second kappa shape index (κ2) is 14.4. The zero-order chi connectivity index (χ0) is 28.4. The Labute approximate surface area is 232 Å². The van der Waals surface area contributed by atoms with Crippen molar-refractivity contribution in [3.05, 3.63) is 65.9 Å². The predicted molar refractivity (Wildman–Crippen MR) is 154 cm³/mol. The molecule has 8 nitrogen and oxygen atoms in total. The zero-order valence-corrected chi connectivity index (χ0v) is 24.0. The van der Waals surface area contributed by atoms with Gasteiger partial charge in [0, 0.05) is 25.6 Å². The van der Waals surface area contributed by atoms with E-state index in [1.807, 2.05) is 53.2 Å². The van der Waals surface area contributed by atoms with Crippen molar-refractivity contribution in [3.63, 3.8) is 0 Å². The maximum absolute atomic E-state index is 13.5. The minimum absolute atomic E-state index is 0.0994. The van der Waals surface area contributed by atoms with Crippen LogP contribution in [0.3, 0.4) is 0 Å². The Morgan fingerprint density at radius 3 is 2.15 bits per heavy atom. The zero-order valence-electron chi connectivity index (χ0n) is 24.0. The smallest absolute Gasteiger partial charge is 0.272 e. The van der Waals surface area contributed by atoms with Gasteiger partial charge in [-0.25, -0.2) is 0 Å². The lowest BCUT2D eigenvalue weighted by atomic mass is 10.0. The van der Waals surface area contributed by atoms with Gasteiger partial charge in [0.15, 0.2) is 5.69 Å². The monoisotopic (exact) mass is 534 g/mol. The molecule has 3 rings (SSSR count). The summed E-state index contributed by atoms with van der Waals surface area (Å²) >= 11 is 0. The van der Waals surface area contributed by atoms with Crippen LogP contribution in [0.25, 0.3) is 11.3 Å². The van der Waals surface area contributed by atoms with Gasteiger partial charge in [-0.3, -0.25) is 14.3 Å². The molecule has 0 aliphatic carbocycles. The Bertz CT molecular complexity index is 1200. The largest absolute Gasteiger partial charge is 0.496 e. The molecule has 1 heterocycles. The Morgan fingerprint density at radius 1 is 0.897 bits per heavy atom. The first-order chi connectivity index (χ1) is 18.7. The molecule has 1 aromatic heterocycles. The fourth-order valence-electron chi connectivity index (χ4n) is 4.43. The molecular weight excluding hydrogens is 492 g/mol. The molecule has 0 radical (unpaired) electrons. The van der Waals surface area contributed by atoms with E-state index in [2.05, 4.69) is 43.4 Å². The first kappa shape index (κ1) is 29.7. The fraction of sp³-hybridized carbons (Fsp3) is 0.452. The van der Waals surface area contributed by atoms with E-state index in [-0.39, 0.29) is 30.0 Å². The number of methoxy groups -OCH3 is 2. The van der Waals surface area contributed by atoms with Gasteiger partial charge in [-0.1, -0.05) is 64.1 Å². The second-order valence-electron chi connectivity index (χ2n) is 10.6. The number of ether oxygens (including phenoxy) is 2. The van der Waals surface area contributed by atoms with Crippen molar-refractivity contribution in [2.45, 2.75) is 66.1 Å². The molecule has 1 atom stereocenters. The number of carbonyl (C=O) groups excluding carboxylic acids is 2. The average molecular weight is 535 g/mol. The van der Waals surface area contributed by atoms with Crippen LogP contribution < -0.4 is 20.1 Å². The molecule has 0 spiro atoms. The van der Waals surface area contributed by atoms with E-state index >= 15 is 0 Å². The number of rotatable bonds is 14. The number of nitrogens with zero attached hydrogens (tertiary/aromatic N) is 2. The number of amides is 2. The van der Waals surface area contributed by atoms with Gasteiger partial charge < -0.3 is 20.1 Å². The Hall–Kier alpha value is -3.81. The van der Waals surface area contributed by atoms with E-state index < -0.39 is 0 Å². The number of benzene rings is 2. The summed E-state index contributed by atoms with van der Waals surface area (Å²) in [5, 5.41) is 10.7. The molecule has 0 saturated carbocycles. The summed E-state index contributed by atoms with van der Waals surface area (Å²) in [6.45, 7) is 9.53. The normalized spacial score (nSPS) is 11.9. The SMILES string of the molecule is COc1cccc(OC)c1-c1cc(C(=O)N[C@@H](CCC(C)C)CC(=O)NCc2ccccc2)nn1CC(C)C. The van der Waals surface area contributed by atoms with Gasteiger partial charge in [0.25, 0.3) is 5.91 Å². The van der Waals surface area contributed by atoms with Crippen LogP contribution in [0.5, 0.6) is 11.5 Å². The first-order valence-electron chi connectivity index (χ1n) is 13.6. The Morgan fingerprint density at radius 2 is 1.56 bits per heavy atom. The summed E-state index contributed by atoms with van der Waals surface area (Å²) in [6.07, 6.45) is 1.79. The van der Waals surface area contributed by atoms with E-state index in [9.17, 15) is 9.59 Å². The number of hydrogen-bond acceptors (Lipinski definition) is 5. The van der Waals surface area contributed by atoms with Gasteiger partial charge in [-0.15, -0.1) is 0 Å². The van der Waals surface area contributed by atoms with Crippen LogP contribution in [-0.2, 0) is 17.9 Å². The van der Waals surface area contributed by atoms with Crippen LogP contribution in [0.15, 0.2) is 54.6 Å². The maximum atomic E-state index is 13.5. The molecular formula is C31H42N4O4. The number of carbonyl (C=O) groups is 2. The highest BCUT2D eigenvalue weighted by atomic mass is 16.5. The van der Waals surface area contributed by atoms with E-state index in [4.69, 9.17) is 9.47 Å². The molecule has 0 fully saturated rings. The molecule has 2 aromatic carbocycles. The quantitative estimate of drug-likeness (QED) is 0.286. The highest BCUT2D eigenvalue weighted by Gasteiger charge is 2.24. The highest BCUT2D eigenvalue weighted by Crippen LogP contribution is 2.38. The van der Waals surface area contributed by atoms with Gasteiger partial charge in [-0.05, 0) is 48.4 Å². The summed E-state index contributed by atoms with van der Waals surface area (Å²) < 4.78 is 13.1. The van der Waals surface area contributed by atoms with Crippen molar-refractivity contribution in [2.75, 3.05) is 14.2 Å². The van der Waals surface area contributed by atoms with E-state index in [0.717, 1.165) is 23.2 Å². The van der Waals surface area contributed by atoms with Gasteiger partial charge in [0.1, 0.15) is 11.5 Å². The molecule has 0 bridgehead atoms. The second-order valence-corrected chi connectivity index (χ2v) is 10.6. The van der Waals surface area contributed by atoms with E-state index in [0.29, 0.717) is 42.8 Å². The molecule has 39 heavy (non-hydrogen) atoms. The first-order valence-corrected chi connectivity index (χ1v) is 13.6. The summed E-state index contributed by atoms with van der Waals surface area (Å²) in [7, 11) is 3.22. The third-order valence-electron chi connectivity index (χ3n) is 6.43. The summed E-state index contributed by atoms with van der Waals surface area (Å²) in [5.41, 5.74) is 2.80. The van der Waals surface area contributed by atoms with Crippen molar-refractivity contribution >= 4 is 11.8 Å². The van der Waals surface area contributed by atoms with Crippen molar-refractivity contribution in [3.8, 4) is 22.8 Å². The highest BCUT2D eigenvalue weighted by molar-refractivity contribution is 5.94. The average Bonchev–Trinajstić information content (AvgIpc) is 3.33. The molecule has 0 saturated heterocycles. The minimum Gasteiger partial charge on any atom is -0.496 e. The summed E-state index contributed by atoms with van der Waals surface area (Å²) in [4.78, 5) is 26.3. The molecule has 210 valence electrons. The molecule has 8 heteroatoms. The maximum Gasteiger partial charge on any atom is 0.272 e. The predicted octanol–water partition coefficient (Wildman–Crippen LogP) is 5.46. The van der Waals surface area contributed by atoms with Crippen LogP contribution in [0, 0.1) is 11.8 Å². The lowest BCUT2D eigenvalue weighted by molar-refractivity contribution is -0.121. The summed E-state index contributed by atoms with van der Waals surface area (Å²) in [5.74, 6) is 1.61. The van der Waals surface area contributed by atoms with Crippen LogP contribution in [0.2, 0.25) is 0 Å². The molecule has 0 unspecified atom stereocenters. The molecule has 2 N–H and O–H groups in total. The van der Waals surface area contributed by atoms with E-state index in [1.165, 1.54) is 0 Å². The van der Waals surface area contributed by atoms with Crippen LogP contribution in [0.4, 0.5) is 0 Å². The van der Waals surface area contributed by atoms with Gasteiger partial charge in [0.2, 0.25) is 5.91 Å². The number of hydrogen-bond donors (Lipinski definition) is 2. The molecule has 3 aromatic rings. The topological polar surface area (TPSA) is 94.5 Å². The van der Waals surface area contributed by atoms with E-state index in [1.54, 1.807) is 20.3 Å². The van der Waals surface area contributed by atoms with Gasteiger partial charge >= 0.3 is 0 Å². The Balaban J connectivity index is 1.83. The Kier molecular flexibility index (Phi) is 11.0. The van der Waals surface area contributed by atoms with Gasteiger partial charge in [-0.2, -0.15) is 5.10 Å². The molecule has 0 aliphatic rings. The van der Waals surface area contributed by atoms with Crippen LogP contribution >= 0.6 is 0 Å². The lowest BCUT2D eigenvalue weighted by Gasteiger charge is -2.19. The minimum atomic E-state index is -0.310. The third-order valence-corrected chi connectivity index (χ3v) is 6.43. The van der Waals surface area contributed by atoms with Crippen molar-refractivity contribution in [1.82, 2.24) is 20.4 Å². The van der Waals surface area contributed by atoms with Gasteiger partial charge in [0.05, 0.1) is 25.5 Å².